The SMILES string of the molecule is Cc1ccc(C(=O)Nc2ccc3c(-c4cccc(CO)c4)cn(C)c3c2)cc1C#Cc1cnc2cccnn12. The van der Waals surface area contributed by atoms with Gasteiger partial charge in [-0.15, -0.1) is 0 Å². The standard InChI is InChI=1S/C32H25N5O2/c1-21-8-9-25(16-23(21)10-12-27-18-33-31-7-4-14-34-37(27)31)32(39)35-26-11-13-28-29(19-36(2)30(28)17-26)24-6-3-5-22(15-24)20-38/h3-9,11,13-19,38H,20H2,1-2H3,(H,35,39). The molecule has 2 N–H and O–H groups in total. The van der Waals surface area contributed by atoms with Gasteiger partial charge in [0.1, 0.15) is 5.69 Å². The van der Waals surface area contributed by atoms with Gasteiger partial charge < -0.3 is 15.0 Å². The first-order valence-electron chi connectivity index (χ1n) is 12.5. The first kappa shape index (κ1) is 24.2. The van der Waals surface area contributed by atoms with E-state index in [1.807, 2.05) is 85.3 Å². The molecular weight excluding hydrogens is 486 g/mol. The number of hydrogen-bond donors (Lipinski definition) is 2. The number of imidazole rings is 1. The molecule has 3 heterocycles. The molecule has 0 saturated carbocycles. The van der Waals surface area contributed by atoms with Crippen LogP contribution in [0.4, 0.5) is 5.69 Å². The summed E-state index contributed by atoms with van der Waals surface area (Å²) < 4.78 is 3.73. The zero-order valence-corrected chi connectivity index (χ0v) is 21.5. The second kappa shape index (κ2) is 9.93. The summed E-state index contributed by atoms with van der Waals surface area (Å²) in [6.45, 7) is 1.97. The Morgan fingerprint density at radius 2 is 1.92 bits per heavy atom. The summed E-state index contributed by atoms with van der Waals surface area (Å²) in [7, 11) is 1.98. The molecular formula is C32H25N5O2. The third-order valence-corrected chi connectivity index (χ3v) is 6.77. The van der Waals surface area contributed by atoms with E-state index in [-0.39, 0.29) is 12.5 Å². The quantitative estimate of drug-likeness (QED) is 0.313. The van der Waals surface area contributed by atoms with Gasteiger partial charge in [0.15, 0.2) is 5.65 Å². The number of aliphatic hydroxyl groups excluding tert-OH is 1. The number of aryl methyl sites for hydroxylation is 2. The van der Waals surface area contributed by atoms with Gasteiger partial charge in [0.05, 0.1) is 18.3 Å². The molecule has 3 aromatic carbocycles. The van der Waals surface area contributed by atoms with Gasteiger partial charge in [0.2, 0.25) is 0 Å². The van der Waals surface area contributed by atoms with Crippen LogP contribution in [-0.2, 0) is 13.7 Å². The maximum absolute atomic E-state index is 13.2. The number of benzene rings is 3. The first-order valence-corrected chi connectivity index (χ1v) is 12.5. The van der Waals surface area contributed by atoms with Gasteiger partial charge >= 0.3 is 0 Å². The molecule has 7 nitrogen and oxygen atoms in total. The van der Waals surface area contributed by atoms with Crippen LogP contribution in [0.1, 0.15) is 32.7 Å². The van der Waals surface area contributed by atoms with Crippen molar-refractivity contribution < 1.29 is 9.90 Å². The second-order valence-electron chi connectivity index (χ2n) is 9.42. The number of anilines is 1. The van der Waals surface area contributed by atoms with Gasteiger partial charge in [-0.05, 0) is 72.0 Å². The van der Waals surface area contributed by atoms with Crippen LogP contribution in [0.2, 0.25) is 0 Å². The Bertz CT molecular complexity index is 1940. The van der Waals surface area contributed by atoms with Crippen molar-refractivity contribution in [2.45, 2.75) is 13.5 Å². The van der Waals surface area contributed by atoms with E-state index in [9.17, 15) is 9.90 Å². The number of nitrogens with one attached hydrogen (secondary N) is 1. The third kappa shape index (κ3) is 4.65. The summed E-state index contributed by atoms with van der Waals surface area (Å²) in [6.07, 6.45) is 5.45. The van der Waals surface area contributed by atoms with E-state index in [1.54, 1.807) is 23.0 Å². The zero-order valence-electron chi connectivity index (χ0n) is 21.5. The minimum atomic E-state index is -0.209. The van der Waals surface area contributed by atoms with Gasteiger partial charge in [0.25, 0.3) is 5.91 Å². The van der Waals surface area contributed by atoms with Crippen LogP contribution < -0.4 is 5.32 Å². The highest BCUT2D eigenvalue weighted by atomic mass is 16.3. The normalized spacial score (nSPS) is 10.9. The van der Waals surface area contributed by atoms with Crippen molar-refractivity contribution in [1.29, 1.82) is 0 Å². The molecule has 0 bridgehead atoms. The van der Waals surface area contributed by atoms with Crippen molar-refractivity contribution in [3.8, 4) is 23.0 Å². The third-order valence-electron chi connectivity index (χ3n) is 6.77. The van der Waals surface area contributed by atoms with Crippen molar-refractivity contribution in [2.24, 2.45) is 7.05 Å². The van der Waals surface area contributed by atoms with Crippen LogP contribution in [-0.4, -0.2) is 30.2 Å². The molecule has 0 saturated heterocycles. The fraction of sp³-hybridized carbons (Fsp3) is 0.0938. The lowest BCUT2D eigenvalue weighted by Crippen LogP contribution is -2.12. The molecule has 7 heteroatoms. The molecule has 0 radical (unpaired) electrons. The molecule has 0 aliphatic rings. The van der Waals surface area contributed by atoms with Crippen molar-refractivity contribution in [3.63, 3.8) is 0 Å². The summed E-state index contributed by atoms with van der Waals surface area (Å²) in [5.41, 5.74) is 8.35. The van der Waals surface area contributed by atoms with Crippen LogP contribution in [0.3, 0.4) is 0 Å². The molecule has 0 fully saturated rings. The summed E-state index contributed by atoms with van der Waals surface area (Å²) >= 11 is 0. The van der Waals surface area contributed by atoms with Crippen LogP contribution >= 0.6 is 0 Å². The number of fused-ring (bicyclic) bond motifs is 2. The number of hydrogen-bond acceptors (Lipinski definition) is 4. The highest BCUT2D eigenvalue weighted by molar-refractivity contribution is 6.06. The largest absolute Gasteiger partial charge is 0.392 e. The minimum Gasteiger partial charge on any atom is -0.392 e. The average molecular weight is 512 g/mol. The van der Waals surface area contributed by atoms with E-state index in [0.717, 1.165) is 44.4 Å². The Labute approximate surface area is 225 Å². The highest BCUT2D eigenvalue weighted by Crippen LogP contribution is 2.32. The van der Waals surface area contributed by atoms with Gasteiger partial charge in [-0.1, -0.05) is 36.3 Å². The summed E-state index contributed by atoms with van der Waals surface area (Å²) in [5, 5.41) is 17.9. The molecule has 3 aromatic heterocycles. The summed E-state index contributed by atoms with van der Waals surface area (Å²) in [6, 6.07) is 23.0. The average Bonchev–Trinajstić information content (AvgIpc) is 3.53. The smallest absolute Gasteiger partial charge is 0.255 e. The number of rotatable bonds is 4. The van der Waals surface area contributed by atoms with E-state index >= 15 is 0 Å². The highest BCUT2D eigenvalue weighted by Gasteiger charge is 2.13. The van der Waals surface area contributed by atoms with Crippen molar-refractivity contribution in [1.82, 2.24) is 19.2 Å². The molecule has 0 unspecified atom stereocenters. The Morgan fingerprint density at radius 1 is 1.03 bits per heavy atom. The maximum Gasteiger partial charge on any atom is 0.255 e. The molecule has 39 heavy (non-hydrogen) atoms. The van der Waals surface area contributed by atoms with E-state index in [4.69, 9.17) is 0 Å². The van der Waals surface area contributed by atoms with E-state index in [0.29, 0.717) is 16.9 Å². The van der Waals surface area contributed by atoms with Gasteiger partial charge in [-0.2, -0.15) is 5.10 Å². The molecule has 0 aliphatic carbocycles. The number of carbonyl (C=O) groups excluding carboxylic acids is 1. The number of amides is 1. The van der Waals surface area contributed by atoms with Crippen LogP contribution in [0.5, 0.6) is 0 Å². The number of aromatic nitrogens is 4. The number of aliphatic hydroxyl groups is 1. The topological polar surface area (TPSA) is 84.5 Å². The maximum atomic E-state index is 13.2. The van der Waals surface area contributed by atoms with E-state index in [1.165, 1.54) is 0 Å². The molecule has 6 aromatic rings. The van der Waals surface area contributed by atoms with E-state index < -0.39 is 0 Å². The summed E-state index contributed by atoms with van der Waals surface area (Å²) in [4.78, 5) is 17.5. The van der Waals surface area contributed by atoms with Gasteiger partial charge in [-0.3, -0.25) is 4.79 Å². The fourth-order valence-electron chi connectivity index (χ4n) is 4.68. The molecule has 0 spiro atoms. The lowest BCUT2D eigenvalue weighted by atomic mass is 10.0. The summed E-state index contributed by atoms with van der Waals surface area (Å²) in [5.74, 6) is 6.10. The monoisotopic (exact) mass is 511 g/mol. The molecule has 1 amide bonds. The van der Waals surface area contributed by atoms with Crippen LogP contribution in [0, 0.1) is 18.8 Å². The van der Waals surface area contributed by atoms with Crippen molar-refractivity contribution >= 4 is 28.1 Å². The molecule has 0 aliphatic heterocycles. The minimum absolute atomic E-state index is 0.00110. The van der Waals surface area contributed by atoms with Crippen molar-refractivity contribution in [3.05, 3.63) is 119 Å². The predicted molar refractivity (Wildman–Crippen MR) is 152 cm³/mol. The van der Waals surface area contributed by atoms with Crippen molar-refractivity contribution in [2.75, 3.05) is 5.32 Å². The Balaban J connectivity index is 1.26. The fourth-order valence-corrected chi connectivity index (χ4v) is 4.68. The molecule has 190 valence electrons. The Hall–Kier alpha value is -5.19. The van der Waals surface area contributed by atoms with Crippen LogP contribution in [0.25, 0.3) is 27.7 Å². The second-order valence-corrected chi connectivity index (χ2v) is 9.42. The Morgan fingerprint density at radius 3 is 2.79 bits per heavy atom. The zero-order chi connectivity index (χ0) is 26.9. The van der Waals surface area contributed by atoms with Gasteiger partial charge in [0, 0.05) is 47.2 Å². The van der Waals surface area contributed by atoms with E-state index in [2.05, 4.69) is 33.4 Å². The Kier molecular flexibility index (Phi) is 6.16. The van der Waals surface area contributed by atoms with Gasteiger partial charge in [-0.25, -0.2) is 9.50 Å². The first-order chi connectivity index (χ1) is 19.0. The predicted octanol–water partition coefficient (Wildman–Crippen LogP) is 5.34. The lowest BCUT2D eigenvalue weighted by Gasteiger charge is -2.08. The molecule has 6 rings (SSSR count). The lowest BCUT2D eigenvalue weighted by molar-refractivity contribution is 0.102. The number of carbonyl (C=O) groups is 1. The van der Waals surface area contributed by atoms with Crippen LogP contribution in [0.15, 0.2) is 91.4 Å². The molecule has 0 atom stereocenters. The number of nitrogens with zero attached hydrogens (tertiary/aromatic N) is 4.